The number of esters is 2. The summed E-state index contributed by atoms with van der Waals surface area (Å²) in [5.41, 5.74) is -3.69. The number of likely N-dealkylation sites (N-methyl/N-ethyl adjacent to an activating group) is 1. The summed E-state index contributed by atoms with van der Waals surface area (Å²) in [6.07, 6.45) is 2.35. The fourth-order valence-electron chi connectivity index (χ4n) is 12.6. The quantitative estimate of drug-likeness (QED) is 0.295. The van der Waals surface area contributed by atoms with E-state index in [-0.39, 0.29) is 54.5 Å². The Morgan fingerprint density at radius 2 is 1.80 bits per heavy atom. The predicted molar refractivity (Wildman–Crippen MR) is 176 cm³/mol. The molecular formula is C37H52N2O10. The number of ether oxygens (including phenoxy) is 5. The summed E-state index contributed by atoms with van der Waals surface area (Å²) in [5.74, 6) is -2.37. The summed E-state index contributed by atoms with van der Waals surface area (Å²) in [6, 6.07) is 6.28. The molecule has 1 heterocycles. The number of nitrogens with zero attached hydrogens (tertiary/aromatic N) is 1. The van der Waals surface area contributed by atoms with Crippen molar-refractivity contribution in [2.45, 2.75) is 87.9 Å². The van der Waals surface area contributed by atoms with E-state index in [0.717, 1.165) is 19.3 Å². The van der Waals surface area contributed by atoms with Gasteiger partial charge < -0.3 is 39.2 Å². The first-order valence-electron chi connectivity index (χ1n) is 17.8. The van der Waals surface area contributed by atoms with Gasteiger partial charge in [-0.25, -0.2) is 4.79 Å². The van der Waals surface area contributed by atoms with Crippen LogP contribution in [0.1, 0.15) is 62.7 Å². The minimum atomic E-state index is -1.60. The summed E-state index contributed by atoms with van der Waals surface area (Å²) in [4.78, 5) is 41.0. The Balaban J connectivity index is 1.25. The number of para-hydroxylation sites is 1. The second kappa shape index (κ2) is 12.3. The second-order valence-electron chi connectivity index (χ2n) is 15.6. The summed E-state index contributed by atoms with van der Waals surface area (Å²) in [5, 5.41) is 29.0. The molecule has 1 aromatic carbocycles. The monoisotopic (exact) mass is 684 g/mol. The third kappa shape index (κ3) is 4.46. The van der Waals surface area contributed by atoms with Crippen LogP contribution >= 0.6 is 0 Å². The normalized spacial score (nSPS) is 43.5. The van der Waals surface area contributed by atoms with E-state index in [2.05, 4.69) is 17.1 Å². The van der Waals surface area contributed by atoms with Gasteiger partial charge in [0.25, 0.3) is 0 Å². The van der Waals surface area contributed by atoms with Crippen molar-refractivity contribution in [2.75, 3.05) is 53.5 Å². The van der Waals surface area contributed by atoms with Gasteiger partial charge in [-0.3, -0.25) is 14.5 Å². The van der Waals surface area contributed by atoms with E-state index in [1.165, 1.54) is 7.11 Å². The van der Waals surface area contributed by atoms with Gasteiger partial charge in [-0.2, -0.15) is 0 Å². The van der Waals surface area contributed by atoms with Crippen LogP contribution in [0.4, 0.5) is 5.69 Å². The number of benzene rings is 1. The molecule has 0 aromatic heterocycles. The van der Waals surface area contributed by atoms with Gasteiger partial charge in [-0.15, -0.1) is 0 Å². The van der Waals surface area contributed by atoms with Crippen molar-refractivity contribution in [3.8, 4) is 0 Å². The minimum absolute atomic E-state index is 0.0170. The van der Waals surface area contributed by atoms with E-state index < -0.39 is 57.9 Å². The number of fused-ring (bicyclic) bond motifs is 2. The van der Waals surface area contributed by atoms with Crippen LogP contribution in [0, 0.1) is 40.4 Å². The molecule has 0 radical (unpaired) electrons. The maximum atomic E-state index is 13.9. The number of carbonyl (C=O) groups is 3. The maximum absolute atomic E-state index is 13.9. The number of aliphatic hydroxyl groups is 2. The number of carbonyl (C=O) groups excluding carboxylic acids is 3. The van der Waals surface area contributed by atoms with Crippen molar-refractivity contribution in [2.24, 2.45) is 40.4 Å². The van der Waals surface area contributed by atoms with Crippen molar-refractivity contribution < 1.29 is 48.3 Å². The lowest BCUT2D eigenvalue weighted by Gasteiger charge is -2.70. The number of amides is 1. The van der Waals surface area contributed by atoms with E-state index in [1.54, 1.807) is 52.5 Å². The van der Waals surface area contributed by atoms with Crippen LogP contribution in [0.15, 0.2) is 24.3 Å². The van der Waals surface area contributed by atoms with E-state index in [1.807, 2.05) is 0 Å². The molecule has 12 heteroatoms. The number of piperidine rings is 1. The maximum Gasteiger partial charge on any atom is 0.340 e. The first kappa shape index (κ1) is 34.8. The van der Waals surface area contributed by atoms with Crippen molar-refractivity contribution in [3.63, 3.8) is 0 Å². The number of rotatable bonds is 11. The van der Waals surface area contributed by atoms with Gasteiger partial charge in [0.05, 0.1) is 55.2 Å². The van der Waals surface area contributed by atoms with Gasteiger partial charge in [0.2, 0.25) is 5.91 Å². The van der Waals surface area contributed by atoms with Crippen molar-refractivity contribution in [3.05, 3.63) is 29.8 Å². The van der Waals surface area contributed by atoms with E-state index in [9.17, 15) is 24.6 Å². The summed E-state index contributed by atoms with van der Waals surface area (Å²) < 4.78 is 30.0. The van der Waals surface area contributed by atoms with Crippen LogP contribution in [0.25, 0.3) is 0 Å². The molecule has 0 unspecified atom stereocenters. The van der Waals surface area contributed by atoms with Crippen molar-refractivity contribution in [1.82, 2.24) is 4.90 Å². The zero-order valence-corrected chi connectivity index (χ0v) is 29.5. The Bertz CT molecular complexity index is 1490. The van der Waals surface area contributed by atoms with Crippen LogP contribution in [0.3, 0.4) is 0 Å². The highest BCUT2D eigenvalue weighted by Gasteiger charge is 2.91. The average Bonchev–Trinajstić information content (AvgIpc) is 3.49. The molecule has 1 amide bonds. The SMILES string of the molecule is CCN1C[C@]2(COC(=O)c3ccccc3NC(=O)C[C@@H](C)C(=O)OC)CC[C@H](OC)[C@@]34[C@@H]5C[C@@H]6CC[C@@](O)([C@H]5[C@H]6OC)[C@@](O)([C@@H](OC)[C@H]23)[C@@H]14. The van der Waals surface area contributed by atoms with Crippen LogP contribution < -0.4 is 5.32 Å². The standard InChI is InChI=1S/C37H52N2O10/c1-7-39-18-34(19-49-32(42)22-10-8-9-11-24(22)38-26(40)16-20(2)31(41)48-6)14-13-25(45-3)36-23-17-21-12-15-35(43,27(23)28(21)46-4)37(44,33(36)39)30(47-5)29(34)36/h8-11,20-21,23,25,27-30,33,43-44H,7,12-19H2,1-6H3,(H,38,40)/t20-,21+,23-,25+,27-,28+,29-,30+,33+,34+,35-,36+,37-/m1/s1. The van der Waals surface area contributed by atoms with Crippen LogP contribution in [-0.2, 0) is 33.3 Å². The molecule has 270 valence electrons. The molecule has 6 fully saturated rings. The first-order chi connectivity index (χ1) is 23.4. The van der Waals surface area contributed by atoms with Gasteiger partial charge in [-0.1, -0.05) is 26.0 Å². The Labute approximate surface area is 288 Å². The summed E-state index contributed by atoms with van der Waals surface area (Å²) in [6.45, 7) is 4.97. The third-order valence-electron chi connectivity index (χ3n) is 14.0. The molecular weight excluding hydrogens is 632 g/mol. The number of hydrogen-bond donors (Lipinski definition) is 3. The van der Waals surface area contributed by atoms with Crippen LogP contribution in [0.5, 0.6) is 0 Å². The van der Waals surface area contributed by atoms with Gasteiger partial charge in [0.1, 0.15) is 11.2 Å². The molecule has 5 aliphatic carbocycles. The molecule has 12 nitrogen and oxygen atoms in total. The molecule has 6 aliphatic rings. The highest BCUT2D eigenvalue weighted by atomic mass is 16.5. The van der Waals surface area contributed by atoms with Crippen LogP contribution in [0.2, 0.25) is 0 Å². The number of anilines is 1. The average molecular weight is 685 g/mol. The lowest BCUT2D eigenvalue weighted by atomic mass is 9.42. The minimum Gasteiger partial charge on any atom is -0.469 e. The topological polar surface area (TPSA) is 153 Å². The van der Waals surface area contributed by atoms with Gasteiger partial charge >= 0.3 is 11.9 Å². The van der Waals surface area contributed by atoms with Gasteiger partial charge in [0, 0.05) is 57.0 Å². The Morgan fingerprint density at radius 3 is 2.47 bits per heavy atom. The fourth-order valence-corrected chi connectivity index (χ4v) is 12.6. The summed E-state index contributed by atoms with van der Waals surface area (Å²) >= 11 is 0. The number of likely N-dealkylation sites (tertiary alicyclic amines) is 1. The lowest BCUT2D eigenvalue weighted by molar-refractivity contribution is -0.313. The number of hydrogen-bond acceptors (Lipinski definition) is 11. The first-order valence-corrected chi connectivity index (χ1v) is 17.8. The molecule has 5 saturated carbocycles. The molecule has 1 spiro atoms. The van der Waals surface area contributed by atoms with Gasteiger partial charge in [-0.05, 0) is 62.6 Å². The lowest BCUT2D eigenvalue weighted by Crippen LogP contribution is -2.81. The molecule has 7 rings (SSSR count). The van der Waals surface area contributed by atoms with Crippen LogP contribution in [-0.4, -0.2) is 117 Å². The van der Waals surface area contributed by atoms with E-state index in [4.69, 9.17) is 23.7 Å². The van der Waals surface area contributed by atoms with Crippen molar-refractivity contribution in [1.29, 1.82) is 0 Å². The molecule has 1 aliphatic heterocycles. The number of methoxy groups -OCH3 is 4. The predicted octanol–water partition coefficient (Wildman–Crippen LogP) is 2.65. The largest absolute Gasteiger partial charge is 0.469 e. The molecule has 1 aromatic rings. The Kier molecular flexibility index (Phi) is 8.72. The molecule has 3 N–H and O–H groups in total. The zero-order valence-electron chi connectivity index (χ0n) is 29.5. The molecule has 1 saturated heterocycles. The Hall–Kier alpha value is -2.61. The van der Waals surface area contributed by atoms with E-state index >= 15 is 0 Å². The molecule has 49 heavy (non-hydrogen) atoms. The zero-order chi connectivity index (χ0) is 35.1. The van der Waals surface area contributed by atoms with Gasteiger partial charge in [0.15, 0.2) is 0 Å². The third-order valence-corrected chi connectivity index (χ3v) is 14.0. The second-order valence-corrected chi connectivity index (χ2v) is 15.6. The molecule has 13 atom stereocenters. The smallest absolute Gasteiger partial charge is 0.340 e. The van der Waals surface area contributed by atoms with E-state index in [0.29, 0.717) is 31.6 Å². The van der Waals surface area contributed by atoms with Crippen molar-refractivity contribution >= 4 is 23.5 Å². The highest BCUT2D eigenvalue weighted by Crippen LogP contribution is 2.80. The number of nitrogens with one attached hydrogen (secondary N) is 1. The Morgan fingerprint density at radius 1 is 1.04 bits per heavy atom. The fraction of sp³-hybridized carbons (Fsp3) is 0.757. The molecule has 7 bridgehead atoms. The summed E-state index contributed by atoms with van der Waals surface area (Å²) in [7, 11) is 6.38. The highest BCUT2D eigenvalue weighted by molar-refractivity contribution is 6.01.